The first-order valence-corrected chi connectivity index (χ1v) is 6.77. The largest absolute Gasteiger partial charge is 0.412 e. The smallest absolute Gasteiger partial charge is 0.334 e. The SMILES string of the molecule is O=C(NCc1ccccc1F)N[C@H](c1ccccc1)C(F)(F)F. The lowest BCUT2D eigenvalue weighted by molar-refractivity contribution is -0.154. The van der Waals surface area contributed by atoms with Crippen LogP contribution < -0.4 is 10.6 Å². The second-order valence-corrected chi connectivity index (χ2v) is 4.80. The molecule has 2 aromatic carbocycles. The van der Waals surface area contributed by atoms with E-state index in [4.69, 9.17) is 0 Å². The van der Waals surface area contributed by atoms with Gasteiger partial charge in [0.1, 0.15) is 5.82 Å². The number of carbonyl (C=O) groups is 1. The van der Waals surface area contributed by atoms with Crippen molar-refractivity contribution in [3.05, 3.63) is 71.5 Å². The molecule has 2 rings (SSSR count). The lowest BCUT2D eigenvalue weighted by Crippen LogP contribution is -2.43. The number of halogens is 4. The predicted molar refractivity (Wildman–Crippen MR) is 77.0 cm³/mol. The number of carbonyl (C=O) groups excluding carboxylic acids is 1. The third kappa shape index (κ3) is 4.70. The Kier molecular flexibility index (Phi) is 5.20. The Morgan fingerprint density at radius 2 is 1.61 bits per heavy atom. The Bertz CT molecular complexity index is 659. The highest BCUT2D eigenvalue weighted by Gasteiger charge is 2.41. The van der Waals surface area contributed by atoms with Crippen molar-refractivity contribution in [3.8, 4) is 0 Å². The number of rotatable bonds is 4. The summed E-state index contributed by atoms with van der Waals surface area (Å²) in [6.07, 6.45) is -4.64. The standard InChI is InChI=1S/C16H14F4N2O/c17-13-9-5-4-8-12(13)10-21-15(23)22-14(16(18,19)20)11-6-2-1-3-7-11/h1-9,14H,10H2,(H2,21,22,23)/t14-/m1/s1. The van der Waals surface area contributed by atoms with Crippen LogP contribution in [-0.4, -0.2) is 12.2 Å². The molecule has 0 aliphatic heterocycles. The summed E-state index contributed by atoms with van der Waals surface area (Å²) in [6, 6.07) is 9.56. The van der Waals surface area contributed by atoms with Crippen LogP contribution in [0, 0.1) is 5.82 Å². The van der Waals surface area contributed by atoms with E-state index in [1.807, 2.05) is 5.32 Å². The van der Waals surface area contributed by atoms with Gasteiger partial charge in [-0.1, -0.05) is 48.5 Å². The number of amides is 2. The van der Waals surface area contributed by atoms with Crippen molar-refractivity contribution >= 4 is 6.03 Å². The first kappa shape index (κ1) is 16.8. The van der Waals surface area contributed by atoms with E-state index in [9.17, 15) is 22.4 Å². The summed E-state index contributed by atoms with van der Waals surface area (Å²) < 4.78 is 52.7. The van der Waals surface area contributed by atoms with Crippen molar-refractivity contribution in [2.45, 2.75) is 18.8 Å². The van der Waals surface area contributed by atoms with E-state index in [0.717, 1.165) is 0 Å². The number of alkyl halides is 3. The van der Waals surface area contributed by atoms with Gasteiger partial charge in [-0.15, -0.1) is 0 Å². The van der Waals surface area contributed by atoms with E-state index in [2.05, 4.69) is 5.32 Å². The van der Waals surface area contributed by atoms with Crippen LogP contribution in [0.4, 0.5) is 22.4 Å². The van der Waals surface area contributed by atoms with Gasteiger partial charge in [0.25, 0.3) is 0 Å². The van der Waals surface area contributed by atoms with Crippen molar-refractivity contribution in [3.63, 3.8) is 0 Å². The van der Waals surface area contributed by atoms with Gasteiger partial charge in [0.05, 0.1) is 0 Å². The van der Waals surface area contributed by atoms with Gasteiger partial charge in [-0.25, -0.2) is 9.18 Å². The number of urea groups is 1. The van der Waals surface area contributed by atoms with Gasteiger partial charge >= 0.3 is 12.2 Å². The highest BCUT2D eigenvalue weighted by Crippen LogP contribution is 2.32. The molecule has 2 aromatic rings. The summed E-state index contributed by atoms with van der Waals surface area (Å²) in [5.74, 6) is -0.539. The van der Waals surface area contributed by atoms with E-state index in [1.54, 1.807) is 12.1 Å². The van der Waals surface area contributed by atoms with Crippen molar-refractivity contribution in [1.29, 1.82) is 0 Å². The monoisotopic (exact) mass is 326 g/mol. The molecule has 7 heteroatoms. The Labute approximate surface area is 130 Å². The number of benzene rings is 2. The maximum atomic E-state index is 13.4. The van der Waals surface area contributed by atoms with Crippen LogP contribution >= 0.6 is 0 Å². The summed E-state index contributed by atoms with van der Waals surface area (Å²) in [5, 5.41) is 4.09. The van der Waals surface area contributed by atoms with E-state index in [-0.39, 0.29) is 17.7 Å². The average Bonchev–Trinajstić information content (AvgIpc) is 2.51. The van der Waals surface area contributed by atoms with E-state index in [1.165, 1.54) is 42.5 Å². The molecule has 2 amide bonds. The fourth-order valence-electron chi connectivity index (χ4n) is 2.00. The van der Waals surface area contributed by atoms with E-state index in [0.29, 0.717) is 0 Å². The van der Waals surface area contributed by atoms with E-state index >= 15 is 0 Å². The van der Waals surface area contributed by atoms with Crippen LogP contribution in [0.2, 0.25) is 0 Å². The van der Waals surface area contributed by atoms with Crippen molar-refractivity contribution in [1.82, 2.24) is 10.6 Å². The molecule has 3 nitrogen and oxygen atoms in total. The summed E-state index contributed by atoms with van der Waals surface area (Å²) in [5.41, 5.74) is 0.104. The van der Waals surface area contributed by atoms with Crippen molar-refractivity contribution in [2.24, 2.45) is 0 Å². The molecular formula is C16H14F4N2O. The molecule has 0 fully saturated rings. The summed E-state index contributed by atoms with van der Waals surface area (Å²) in [4.78, 5) is 11.7. The van der Waals surface area contributed by atoms with Crippen LogP contribution in [0.15, 0.2) is 54.6 Å². The highest BCUT2D eigenvalue weighted by molar-refractivity contribution is 5.74. The van der Waals surface area contributed by atoms with Crippen molar-refractivity contribution < 1.29 is 22.4 Å². The molecule has 0 spiro atoms. The molecule has 122 valence electrons. The highest BCUT2D eigenvalue weighted by atomic mass is 19.4. The first-order valence-electron chi connectivity index (χ1n) is 6.77. The number of hydrogen-bond acceptors (Lipinski definition) is 1. The van der Waals surface area contributed by atoms with Gasteiger partial charge in [-0.05, 0) is 11.6 Å². The zero-order chi connectivity index (χ0) is 16.9. The lowest BCUT2D eigenvalue weighted by atomic mass is 10.1. The quantitative estimate of drug-likeness (QED) is 0.821. The van der Waals surface area contributed by atoms with Gasteiger partial charge in [-0.2, -0.15) is 13.2 Å². The Hall–Kier alpha value is -2.57. The third-order valence-corrected chi connectivity index (χ3v) is 3.13. The van der Waals surface area contributed by atoms with Crippen LogP contribution in [0.1, 0.15) is 17.2 Å². The van der Waals surface area contributed by atoms with Gasteiger partial charge < -0.3 is 10.6 Å². The molecule has 0 bridgehead atoms. The summed E-state index contributed by atoms with van der Waals surface area (Å²) in [6.45, 7) is -0.210. The number of hydrogen-bond donors (Lipinski definition) is 2. The minimum absolute atomic E-state index is 0.0824. The molecule has 0 radical (unpaired) electrons. The normalized spacial score (nSPS) is 12.5. The molecule has 1 atom stereocenters. The van der Waals surface area contributed by atoms with Gasteiger partial charge in [0.2, 0.25) is 0 Å². The maximum absolute atomic E-state index is 13.4. The molecule has 0 aliphatic rings. The predicted octanol–water partition coefficient (Wildman–Crippen LogP) is 3.93. The third-order valence-electron chi connectivity index (χ3n) is 3.13. The molecule has 0 aliphatic carbocycles. The van der Waals surface area contributed by atoms with Crippen LogP contribution in [0.5, 0.6) is 0 Å². The zero-order valence-electron chi connectivity index (χ0n) is 11.9. The fraction of sp³-hybridized carbons (Fsp3) is 0.188. The van der Waals surface area contributed by atoms with E-state index < -0.39 is 24.1 Å². The Balaban J connectivity index is 2.03. The van der Waals surface area contributed by atoms with Gasteiger partial charge in [-0.3, -0.25) is 0 Å². The topological polar surface area (TPSA) is 41.1 Å². The molecule has 0 unspecified atom stereocenters. The summed E-state index contributed by atoms with van der Waals surface area (Å²) >= 11 is 0. The molecule has 2 N–H and O–H groups in total. The van der Waals surface area contributed by atoms with Gasteiger partial charge in [0, 0.05) is 12.1 Å². The maximum Gasteiger partial charge on any atom is 0.412 e. The Morgan fingerprint density at radius 1 is 1.00 bits per heavy atom. The second-order valence-electron chi connectivity index (χ2n) is 4.80. The molecule has 0 saturated heterocycles. The fourth-order valence-corrected chi connectivity index (χ4v) is 2.00. The molecular weight excluding hydrogens is 312 g/mol. The van der Waals surface area contributed by atoms with Gasteiger partial charge in [0.15, 0.2) is 6.04 Å². The molecule has 0 aromatic heterocycles. The minimum Gasteiger partial charge on any atom is -0.334 e. The average molecular weight is 326 g/mol. The van der Waals surface area contributed by atoms with Crippen LogP contribution in [0.25, 0.3) is 0 Å². The number of nitrogens with one attached hydrogen (secondary N) is 2. The minimum atomic E-state index is -4.64. The van der Waals surface area contributed by atoms with Crippen LogP contribution in [0.3, 0.4) is 0 Å². The summed E-state index contributed by atoms with van der Waals surface area (Å²) in [7, 11) is 0. The van der Waals surface area contributed by atoms with Crippen LogP contribution in [-0.2, 0) is 6.54 Å². The molecule has 0 saturated carbocycles. The molecule has 23 heavy (non-hydrogen) atoms. The second kappa shape index (κ2) is 7.13. The molecule has 0 heterocycles. The first-order chi connectivity index (χ1) is 10.9. The Morgan fingerprint density at radius 3 is 2.22 bits per heavy atom. The zero-order valence-corrected chi connectivity index (χ0v) is 11.9. The lowest BCUT2D eigenvalue weighted by Gasteiger charge is -2.22. The van der Waals surface area contributed by atoms with Crippen molar-refractivity contribution in [2.75, 3.05) is 0 Å².